The molecule has 5 nitrogen and oxygen atoms in total. The zero-order valence-electron chi connectivity index (χ0n) is 9.65. The number of ether oxygens (including phenoxy) is 1. The van der Waals surface area contributed by atoms with E-state index in [1.165, 1.54) is 0 Å². The van der Waals surface area contributed by atoms with Gasteiger partial charge in [0.15, 0.2) is 16.6 Å². The summed E-state index contributed by atoms with van der Waals surface area (Å²) >= 11 is 6.02. The number of methoxy groups -OCH3 is 1. The summed E-state index contributed by atoms with van der Waals surface area (Å²) in [5.74, 6) is 0.738. The van der Waals surface area contributed by atoms with Crippen molar-refractivity contribution >= 4 is 17.2 Å². The number of nitrogens with zero attached hydrogens (tertiary/aromatic N) is 4. The maximum absolute atomic E-state index is 6.02. The van der Waals surface area contributed by atoms with Crippen molar-refractivity contribution in [3.05, 3.63) is 22.4 Å². The van der Waals surface area contributed by atoms with Crippen LogP contribution in [0.15, 0.2) is 0 Å². The third-order valence-electron chi connectivity index (χ3n) is 2.71. The third kappa shape index (κ3) is 1.56. The molecule has 1 atom stereocenters. The van der Waals surface area contributed by atoms with Crippen molar-refractivity contribution in [1.82, 2.24) is 19.6 Å². The van der Waals surface area contributed by atoms with Crippen LogP contribution < -0.4 is 0 Å². The molecule has 2 heterocycles. The molecule has 0 N–H and O–H groups in total. The van der Waals surface area contributed by atoms with Crippen molar-refractivity contribution in [2.75, 3.05) is 7.11 Å². The highest BCUT2D eigenvalue weighted by molar-refractivity contribution is 6.32. The fraction of sp³-hybridized carbons (Fsp3) is 0.500. The first-order valence-electron chi connectivity index (χ1n) is 4.96. The molecule has 0 aliphatic carbocycles. The van der Waals surface area contributed by atoms with Crippen LogP contribution >= 0.6 is 11.6 Å². The highest BCUT2D eigenvalue weighted by Crippen LogP contribution is 2.22. The average Bonchev–Trinajstić information content (AvgIpc) is 2.70. The average molecular weight is 241 g/mol. The van der Waals surface area contributed by atoms with E-state index in [0.717, 1.165) is 17.2 Å². The Bertz CT molecular complexity index is 537. The number of aromatic nitrogens is 4. The Morgan fingerprint density at radius 3 is 2.62 bits per heavy atom. The van der Waals surface area contributed by atoms with Crippen molar-refractivity contribution in [2.24, 2.45) is 0 Å². The van der Waals surface area contributed by atoms with Crippen LogP contribution in [-0.2, 0) is 4.74 Å². The van der Waals surface area contributed by atoms with E-state index in [0.29, 0.717) is 10.8 Å². The minimum absolute atomic E-state index is 0.133. The van der Waals surface area contributed by atoms with Gasteiger partial charge < -0.3 is 4.74 Å². The van der Waals surface area contributed by atoms with Crippen LogP contribution in [0.4, 0.5) is 0 Å². The summed E-state index contributed by atoms with van der Waals surface area (Å²) in [4.78, 5) is 4.20. The van der Waals surface area contributed by atoms with Crippen molar-refractivity contribution in [2.45, 2.75) is 26.9 Å². The zero-order chi connectivity index (χ0) is 11.9. The Morgan fingerprint density at radius 2 is 2.00 bits per heavy atom. The second-order valence-electron chi connectivity index (χ2n) is 3.67. The maximum Gasteiger partial charge on any atom is 0.198 e. The van der Waals surface area contributed by atoms with Gasteiger partial charge in [0, 0.05) is 12.8 Å². The van der Waals surface area contributed by atoms with E-state index in [2.05, 4.69) is 15.2 Å². The topological polar surface area (TPSA) is 52.3 Å². The molecule has 6 heteroatoms. The third-order valence-corrected chi connectivity index (χ3v) is 2.97. The maximum atomic E-state index is 6.02. The first kappa shape index (κ1) is 11.3. The Hall–Kier alpha value is -1.20. The highest BCUT2D eigenvalue weighted by atomic mass is 35.5. The van der Waals surface area contributed by atoms with Crippen molar-refractivity contribution in [3.8, 4) is 0 Å². The molecule has 16 heavy (non-hydrogen) atoms. The SMILES string of the molecule is COC(C)c1nnc2c(Cl)nc(C)c(C)n12. The second kappa shape index (κ2) is 3.99. The molecular weight excluding hydrogens is 228 g/mol. The quantitative estimate of drug-likeness (QED) is 0.807. The summed E-state index contributed by atoms with van der Waals surface area (Å²) in [5.41, 5.74) is 2.41. The zero-order valence-corrected chi connectivity index (χ0v) is 10.4. The summed E-state index contributed by atoms with van der Waals surface area (Å²) < 4.78 is 7.14. The second-order valence-corrected chi connectivity index (χ2v) is 4.03. The van der Waals surface area contributed by atoms with Gasteiger partial charge in [-0.2, -0.15) is 0 Å². The largest absolute Gasteiger partial charge is 0.374 e. The molecule has 0 amide bonds. The molecule has 1 unspecified atom stereocenters. The lowest BCUT2D eigenvalue weighted by atomic mass is 10.3. The summed E-state index contributed by atoms with van der Waals surface area (Å²) in [7, 11) is 1.64. The van der Waals surface area contributed by atoms with E-state index in [1.54, 1.807) is 7.11 Å². The van der Waals surface area contributed by atoms with Crippen LogP contribution in [0.3, 0.4) is 0 Å². The monoisotopic (exact) mass is 240 g/mol. The van der Waals surface area contributed by atoms with E-state index in [9.17, 15) is 0 Å². The number of halogens is 1. The summed E-state index contributed by atoms with van der Waals surface area (Å²) in [6, 6.07) is 0. The number of hydrogen-bond donors (Lipinski definition) is 0. The molecule has 2 rings (SSSR count). The van der Waals surface area contributed by atoms with Gasteiger partial charge >= 0.3 is 0 Å². The lowest BCUT2D eigenvalue weighted by Crippen LogP contribution is -2.07. The minimum atomic E-state index is -0.133. The van der Waals surface area contributed by atoms with Crippen LogP contribution in [0.25, 0.3) is 5.65 Å². The number of rotatable bonds is 2. The molecule has 0 radical (unpaired) electrons. The fourth-order valence-electron chi connectivity index (χ4n) is 1.57. The van der Waals surface area contributed by atoms with Gasteiger partial charge in [0.1, 0.15) is 6.10 Å². The Kier molecular flexibility index (Phi) is 2.82. The smallest absolute Gasteiger partial charge is 0.198 e. The first-order valence-corrected chi connectivity index (χ1v) is 5.34. The molecule has 0 aliphatic heterocycles. The van der Waals surface area contributed by atoms with Crippen LogP contribution in [0.2, 0.25) is 5.15 Å². The van der Waals surface area contributed by atoms with Gasteiger partial charge in [0.25, 0.3) is 0 Å². The Morgan fingerprint density at radius 1 is 1.31 bits per heavy atom. The Labute approximate surface area is 98.4 Å². The van der Waals surface area contributed by atoms with E-state index in [-0.39, 0.29) is 6.10 Å². The van der Waals surface area contributed by atoms with Crippen molar-refractivity contribution < 1.29 is 4.74 Å². The first-order chi connectivity index (χ1) is 7.56. The molecule has 0 aromatic carbocycles. The summed E-state index contributed by atoms with van der Waals surface area (Å²) in [5, 5.41) is 8.49. The summed E-state index contributed by atoms with van der Waals surface area (Å²) in [6.45, 7) is 5.78. The standard InChI is InChI=1S/C10H13ClN4O/c1-5-6(2)15-9(7(3)16-4)13-14-10(15)8(11)12-5/h7H,1-4H3. The van der Waals surface area contributed by atoms with E-state index < -0.39 is 0 Å². The molecule has 0 bridgehead atoms. The minimum Gasteiger partial charge on any atom is -0.374 e. The number of aryl methyl sites for hydroxylation is 2. The molecule has 0 saturated carbocycles. The van der Waals surface area contributed by atoms with Crippen LogP contribution in [-0.4, -0.2) is 26.7 Å². The molecule has 0 fully saturated rings. The predicted molar refractivity (Wildman–Crippen MR) is 60.7 cm³/mol. The molecule has 0 aliphatic rings. The van der Waals surface area contributed by atoms with Gasteiger partial charge in [0.2, 0.25) is 0 Å². The Balaban J connectivity index is 2.79. The predicted octanol–water partition coefficient (Wildman–Crippen LogP) is 2.10. The van der Waals surface area contributed by atoms with Gasteiger partial charge in [-0.1, -0.05) is 11.6 Å². The summed E-state index contributed by atoms with van der Waals surface area (Å²) in [6.07, 6.45) is -0.133. The molecule has 86 valence electrons. The van der Waals surface area contributed by atoms with Gasteiger partial charge in [-0.3, -0.25) is 4.40 Å². The number of hydrogen-bond acceptors (Lipinski definition) is 4. The van der Waals surface area contributed by atoms with E-state index in [1.807, 2.05) is 25.2 Å². The molecular formula is C10H13ClN4O. The van der Waals surface area contributed by atoms with Gasteiger partial charge in [-0.05, 0) is 20.8 Å². The molecule has 2 aromatic rings. The van der Waals surface area contributed by atoms with Gasteiger partial charge in [-0.15, -0.1) is 10.2 Å². The van der Waals surface area contributed by atoms with Gasteiger partial charge in [0.05, 0.1) is 5.69 Å². The molecule has 0 saturated heterocycles. The fourth-order valence-corrected chi connectivity index (χ4v) is 1.82. The van der Waals surface area contributed by atoms with E-state index >= 15 is 0 Å². The van der Waals surface area contributed by atoms with Crippen molar-refractivity contribution in [1.29, 1.82) is 0 Å². The normalized spacial score (nSPS) is 13.3. The van der Waals surface area contributed by atoms with Crippen LogP contribution in [0.1, 0.15) is 30.2 Å². The lowest BCUT2D eigenvalue weighted by Gasteiger charge is -2.10. The van der Waals surface area contributed by atoms with Crippen LogP contribution in [0.5, 0.6) is 0 Å². The number of fused-ring (bicyclic) bond motifs is 1. The molecule has 0 spiro atoms. The molecule has 2 aromatic heterocycles. The lowest BCUT2D eigenvalue weighted by molar-refractivity contribution is 0.111. The van der Waals surface area contributed by atoms with Gasteiger partial charge in [-0.25, -0.2) is 4.98 Å². The van der Waals surface area contributed by atoms with E-state index in [4.69, 9.17) is 16.3 Å². The van der Waals surface area contributed by atoms with Crippen LogP contribution in [0, 0.1) is 13.8 Å². The van der Waals surface area contributed by atoms with Crippen molar-refractivity contribution in [3.63, 3.8) is 0 Å². The highest BCUT2D eigenvalue weighted by Gasteiger charge is 2.17.